The van der Waals surface area contributed by atoms with Gasteiger partial charge in [0.2, 0.25) is 5.91 Å². The van der Waals surface area contributed by atoms with Gasteiger partial charge in [-0.3, -0.25) is 9.59 Å². The van der Waals surface area contributed by atoms with Crippen molar-refractivity contribution >= 4 is 23.6 Å². The van der Waals surface area contributed by atoms with Gasteiger partial charge in [-0.05, 0) is 36.9 Å². The maximum Gasteiger partial charge on any atom is 0.251 e. The molecule has 1 saturated heterocycles. The van der Waals surface area contributed by atoms with Crippen LogP contribution in [0, 0.1) is 0 Å². The van der Waals surface area contributed by atoms with Gasteiger partial charge in [-0.2, -0.15) is 0 Å². The number of carbonyl (C=O) groups is 2. The van der Waals surface area contributed by atoms with Gasteiger partial charge in [-0.15, -0.1) is 11.8 Å². The van der Waals surface area contributed by atoms with Gasteiger partial charge < -0.3 is 10.6 Å². The maximum atomic E-state index is 11.9. The van der Waals surface area contributed by atoms with Crippen molar-refractivity contribution in [1.82, 2.24) is 10.6 Å². The third-order valence-electron chi connectivity index (χ3n) is 2.95. The van der Waals surface area contributed by atoms with Crippen molar-refractivity contribution in [2.45, 2.75) is 23.8 Å². The Bertz CT molecular complexity index is 445. The van der Waals surface area contributed by atoms with E-state index >= 15 is 0 Å². The highest BCUT2D eigenvalue weighted by Gasteiger charge is 2.20. The van der Waals surface area contributed by atoms with Gasteiger partial charge in [0.15, 0.2) is 0 Å². The van der Waals surface area contributed by atoms with Crippen LogP contribution in [0.25, 0.3) is 0 Å². The molecule has 5 heteroatoms. The predicted molar refractivity (Wildman–Crippen MR) is 71.7 cm³/mol. The molecule has 2 N–H and O–H groups in total. The van der Waals surface area contributed by atoms with E-state index in [2.05, 4.69) is 10.6 Å². The monoisotopic (exact) mass is 264 g/mol. The largest absolute Gasteiger partial charge is 0.352 e. The molecule has 0 aliphatic carbocycles. The lowest BCUT2D eigenvalue weighted by Crippen LogP contribution is -2.38. The van der Waals surface area contributed by atoms with Crippen LogP contribution in [-0.2, 0) is 4.79 Å². The first-order valence-corrected chi connectivity index (χ1v) is 7.13. The number of nitrogens with one attached hydrogen (secondary N) is 2. The van der Waals surface area contributed by atoms with E-state index in [1.807, 2.05) is 30.5 Å². The molecule has 0 spiro atoms. The molecule has 1 aromatic rings. The second kappa shape index (κ2) is 5.91. The van der Waals surface area contributed by atoms with Crippen molar-refractivity contribution in [2.24, 2.45) is 0 Å². The Labute approximate surface area is 111 Å². The third kappa shape index (κ3) is 3.26. The smallest absolute Gasteiger partial charge is 0.251 e. The Hall–Kier alpha value is -1.49. The Morgan fingerprint density at radius 3 is 2.72 bits per heavy atom. The van der Waals surface area contributed by atoms with Crippen LogP contribution in [0.3, 0.4) is 0 Å². The van der Waals surface area contributed by atoms with Crippen LogP contribution >= 0.6 is 11.8 Å². The van der Waals surface area contributed by atoms with E-state index in [0.29, 0.717) is 18.5 Å². The summed E-state index contributed by atoms with van der Waals surface area (Å²) >= 11 is 1.64. The van der Waals surface area contributed by atoms with Crippen LogP contribution in [0.4, 0.5) is 0 Å². The van der Waals surface area contributed by atoms with Crippen molar-refractivity contribution in [2.75, 3.05) is 12.8 Å². The van der Waals surface area contributed by atoms with Gasteiger partial charge in [-0.25, -0.2) is 0 Å². The van der Waals surface area contributed by atoms with Crippen molar-refractivity contribution in [1.29, 1.82) is 0 Å². The van der Waals surface area contributed by atoms with Crippen LogP contribution in [0.5, 0.6) is 0 Å². The quantitative estimate of drug-likeness (QED) is 0.809. The standard InChI is InChI=1S/C13H16N2O2S/c1-18-11-5-2-9(3-6-11)13(17)14-8-10-4-7-12(16)15-10/h2-3,5-6,10H,4,7-8H2,1H3,(H,14,17)(H,15,16). The fourth-order valence-electron chi connectivity index (χ4n) is 1.89. The molecule has 1 fully saturated rings. The van der Waals surface area contributed by atoms with Gasteiger partial charge in [0.25, 0.3) is 5.91 Å². The van der Waals surface area contributed by atoms with Crippen LogP contribution in [-0.4, -0.2) is 30.7 Å². The third-order valence-corrected chi connectivity index (χ3v) is 3.69. The summed E-state index contributed by atoms with van der Waals surface area (Å²) in [6, 6.07) is 7.56. The van der Waals surface area contributed by atoms with E-state index < -0.39 is 0 Å². The highest BCUT2D eigenvalue weighted by molar-refractivity contribution is 7.98. The fourth-order valence-corrected chi connectivity index (χ4v) is 2.30. The first-order valence-electron chi connectivity index (χ1n) is 5.90. The second-order valence-corrected chi connectivity index (χ2v) is 5.12. The minimum Gasteiger partial charge on any atom is -0.352 e. The molecular weight excluding hydrogens is 248 g/mol. The summed E-state index contributed by atoms with van der Waals surface area (Å²) in [5.74, 6) is -0.0256. The number of hydrogen-bond donors (Lipinski definition) is 2. The Morgan fingerprint density at radius 1 is 1.44 bits per heavy atom. The van der Waals surface area contributed by atoms with E-state index in [9.17, 15) is 9.59 Å². The van der Waals surface area contributed by atoms with Crippen molar-refractivity contribution in [3.05, 3.63) is 29.8 Å². The topological polar surface area (TPSA) is 58.2 Å². The Kier molecular flexibility index (Phi) is 4.25. The molecule has 18 heavy (non-hydrogen) atoms. The number of rotatable bonds is 4. The number of benzene rings is 1. The van der Waals surface area contributed by atoms with Crippen molar-refractivity contribution in [3.8, 4) is 0 Å². The Morgan fingerprint density at radius 2 is 2.17 bits per heavy atom. The summed E-state index contributed by atoms with van der Waals surface area (Å²) in [5, 5.41) is 5.66. The lowest BCUT2D eigenvalue weighted by Gasteiger charge is -2.11. The maximum absolute atomic E-state index is 11.9. The molecule has 0 radical (unpaired) electrons. The highest BCUT2D eigenvalue weighted by Crippen LogP contribution is 2.14. The number of carbonyl (C=O) groups excluding carboxylic acids is 2. The summed E-state index contributed by atoms with van der Waals surface area (Å²) in [6.45, 7) is 0.495. The lowest BCUT2D eigenvalue weighted by molar-refractivity contribution is -0.119. The molecule has 0 saturated carbocycles. The molecule has 96 valence electrons. The predicted octanol–water partition coefficient (Wildman–Crippen LogP) is 1.42. The summed E-state index contributed by atoms with van der Waals surface area (Å²) in [6.07, 6.45) is 3.35. The lowest BCUT2D eigenvalue weighted by atomic mass is 10.2. The van der Waals surface area contributed by atoms with Gasteiger partial charge in [-0.1, -0.05) is 0 Å². The summed E-state index contributed by atoms with van der Waals surface area (Å²) in [7, 11) is 0. The number of hydrogen-bond acceptors (Lipinski definition) is 3. The summed E-state index contributed by atoms with van der Waals surface area (Å²) in [5.41, 5.74) is 0.650. The van der Waals surface area contributed by atoms with E-state index in [1.165, 1.54) is 0 Å². The molecular formula is C13H16N2O2S. The van der Waals surface area contributed by atoms with Crippen LogP contribution in [0.2, 0.25) is 0 Å². The van der Waals surface area contributed by atoms with Gasteiger partial charge in [0, 0.05) is 29.5 Å². The molecule has 1 atom stereocenters. The van der Waals surface area contributed by atoms with Crippen molar-refractivity contribution < 1.29 is 9.59 Å². The van der Waals surface area contributed by atoms with E-state index in [4.69, 9.17) is 0 Å². The average molecular weight is 264 g/mol. The normalized spacial score (nSPS) is 18.5. The SMILES string of the molecule is CSc1ccc(C(=O)NCC2CCC(=O)N2)cc1. The molecule has 2 rings (SSSR count). The second-order valence-electron chi connectivity index (χ2n) is 4.24. The molecule has 1 unspecified atom stereocenters. The zero-order chi connectivity index (χ0) is 13.0. The Balaban J connectivity index is 1.85. The zero-order valence-corrected chi connectivity index (χ0v) is 11.0. The molecule has 1 heterocycles. The first-order chi connectivity index (χ1) is 8.69. The molecule has 0 aromatic heterocycles. The number of amides is 2. The minimum absolute atomic E-state index is 0.0681. The van der Waals surface area contributed by atoms with E-state index in [1.54, 1.807) is 11.8 Å². The zero-order valence-electron chi connectivity index (χ0n) is 10.2. The summed E-state index contributed by atoms with van der Waals surface area (Å²) < 4.78 is 0. The molecule has 0 bridgehead atoms. The fraction of sp³-hybridized carbons (Fsp3) is 0.385. The van der Waals surface area contributed by atoms with E-state index in [0.717, 1.165) is 11.3 Å². The van der Waals surface area contributed by atoms with Crippen molar-refractivity contribution in [3.63, 3.8) is 0 Å². The van der Waals surface area contributed by atoms with E-state index in [-0.39, 0.29) is 17.9 Å². The molecule has 1 aromatic carbocycles. The summed E-state index contributed by atoms with van der Waals surface area (Å²) in [4.78, 5) is 24.0. The molecule has 1 aliphatic heterocycles. The first kappa shape index (κ1) is 13.0. The van der Waals surface area contributed by atoms with Crippen LogP contribution < -0.4 is 10.6 Å². The van der Waals surface area contributed by atoms with Crippen LogP contribution in [0.15, 0.2) is 29.2 Å². The molecule has 4 nitrogen and oxygen atoms in total. The number of thioether (sulfide) groups is 1. The molecule has 2 amide bonds. The average Bonchev–Trinajstić information content (AvgIpc) is 2.82. The minimum atomic E-state index is -0.0937. The molecule has 1 aliphatic rings. The van der Waals surface area contributed by atoms with Gasteiger partial charge in [0.1, 0.15) is 0 Å². The van der Waals surface area contributed by atoms with Gasteiger partial charge >= 0.3 is 0 Å². The van der Waals surface area contributed by atoms with Crippen LogP contribution in [0.1, 0.15) is 23.2 Å². The van der Waals surface area contributed by atoms with Gasteiger partial charge in [0.05, 0.1) is 0 Å². The highest BCUT2D eigenvalue weighted by atomic mass is 32.2.